The molecule has 1 aromatic rings. The number of hydrogen-bond acceptors (Lipinski definition) is 5. The monoisotopic (exact) mass is 251 g/mol. The molecule has 0 saturated heterocycles. The van der Waals surface area contributed by atoms with Gasteiger partial charge in [-0.1, -0.05) is 6.07 Å². The van der Waals surface area contributed by atoms with Gasteiger partial charge in [0.2, 0.25) is 0 Å². The number of nitrogens with two attached hydrogens (primary N) is 4. The predicted molar refractivity (Wildman–Crippen MR) is 75.8 cm³/mol. The molecule has 1 aliphatic carbocycles. The van der Waals surface area contributed by atoms with Crippen molar-refractivity contribution in [1.82, 2.24) is 4.98 Å². The Bertz CT molecular complexity index is 340. The highest BCUT2D eigenvalue weighted by molar-refractivity contribution is 5.28. The van der Waals surface area contributed by atoms with E-state index in [9.17, 15) is 0 Å². The number of hydrogen-bond donors (Lipinski definition) is 4. The van der Waals surface area contributed by atoms with Gasteiger partial charge in [-0.3, -0.25) is 0 Å². The number of nitrogens with zero attached hydrogens (tertiary/aromatic N) is 1. The first-order valence-corrected chi connectivity index (χ1v) is 6.52. The molecule has 5 heteroatoms. The summed E-state index contributed by atoms with van der Waals surface area (Å²) in [6.07, 6.45) is 4.56. The molecule has 2 atom stereocenters. The standard InChI is InChI=1S/C11H17N3.C2H8N2/c12-9-5-4-8(6-9)7-10-2-1-3-11(13)14-10;3-1-2-4/h1-3,8-9H,4-7,12H2,(H2,13,14);1-4H2. The first-order chi connectivity index (χ1) is 8.65. The third kappa shape index (κ3) is 5.44. The van der Waals surface area contributed by atoms with Crippen LogP contribution in [-0.4, -0.2) is 24.1 Å². The Morgan fingerprint density at radius 1 is 1.17 bits per heavy atom. The maximum Gasteiger partial charge on any atom is 0.123 e. The minimum absolute atomic E-state index is 0.404. The minimum atomic E-state index is 0.404. The summed E-state index contributed by atoms with van der Waals surface area (Å²) in [7, 11) is 0. The van der Waals surface area contributed by atoms with Gasteiger partial charge in [-0.05, 0) is 43.7 Å². The second-order valence-corrected chi connectivity index (χ2v) is 4.77. The van der Waals surface area contributed by atoms with E-state index >= 15 is 0 Å². The molecule has 8 N–H and O–H groups in total. The van der Waals surface area contributed by atoms with E-state index in [1.165, 1.54) is 6.42 Å². The average Bonchev–Trinajstić information content (AvgIpc) is 2.75. The first-order valence-electron chi connectivity index (χ1n) is 6.52. The molecule has 0 spiro atoms. The molecule has 0 aromatic carbocycles. The molecule has 18 heavy (non-hydrogen) atoms. The van der Waals surface area contributed by atoms with Crippen molar-refractivity contribution in [1.29, 1.82) is 0 Å². The van der Waals surface area contributed by atoms with Crippen molar-refractivity contribution in [2.75, 3.05) is 18.8 Å². The van der Waals surface area contributed by atoms with Gasteiger partial charge in [-0.15, -0.1) is 0 Å². The molecule has 1 fully saturated rings. The highest BCUT2D eigenvalue weighted by Gasteiger charge is 2.22. The van der Waals surface area contributed by atoms with Crippen LogP contribution in [0.5, 0.6) is 0 Å². The zero-order valence-electron chi connectivity index (χ0n) is 10.9. The first kappa shape index (κ1) is 14.9. The van der Waals surface area contributed by atoms with E-state index in [0.29, 0.717) is 30.9 Å². The maximum atomic E-state index is 5.86. The fraction of sp³-hybridized carbons (Fsp3) is 0.615. The van der Waals surface area contributed by atoms with Crippen molar-refractivity contribution < 1.29 is 0 Å². The molecule has 0 radical (unpaired) electrons. The van der Waals surface area contributed by atoms with E-state index in [2.05, 4.69) is 4.98 Å². The molecule has 102 valence electrons. The molecule has 2 unspecified atom stereocenters. The van der Waals surface area contributed by atoms with E-state index < -0.39 is 0 Å². The van der Waals surface area contributed by atoms with Gasteiger partial charge in [0.1, 0.15) is 5.82 Å². The number of nitrogen functional groups attached to an aromatic ring is 1. The highest BCUT2D eigenvalue weighted by Crippen LogP contribution is 2.26. The summed E-state index contributed by atoms with van der Waals surface area (Å²) in [5.74, 6) is 1.32. The predicted octanol–water partition coefficient (Wildman–Crippen LogP) is 0.238. The van der Waals surface area contributed by atoms with Crippen molar-refractivity contribution in [2.24, 2.45) is 23.1 Å². The molecule has 0 bridgehead atoms. The van der Waals surface area contributed by atoms with Gasteiger partial charge in [0.05, 0.1) is 0 Å². The van der Waals surface area contributed by atoms with Crippen LogP contribution in [0.3, 0.4) is 0 Å². The Morgan fingerprint density at radius 3 is 2.39 bits per heavy atom. The van der Waals surface area contributed by atoms with Gasteiger partial charge in [-0.2, -0.15) is 0 Å². The lowest BCUT2D eigenvalue weighted by Crippen LogP contribution is -2.15. The fourth-order valence-electron chi connectivity index (χ4n) is 2.21. The maximum absolute atomic E-state index is 5.86. The third-order valence-corrected chi connectivity index (χ3v) is 3.07. The summed E-state index contributed by atoms with van der Waals surface area (Å²) in [6, 6.07) is 6.23. The summed E-state index contributed by atoms with van der Waals surface area (Å²) >= 11 is 0. The Morgan fingerprint density at radius 2 is 1.89 bits per heavy atom. The van der Waals surface area contributed by atoms with Crippen LogP contribution in [0.25, 0.3) is 0 Å². The Labute approximate surface area is 109 Å². The van der Waals surface area contributed by atoms with Gasteiger partial charge >= 0.3 is 0 Å². The second-order valence-electron chi connectivity index (χ2n) is 4.77. The number of pyridine rings is 1. The topological polar surface area (TPSA) is 117 Å². The number of rotatable bonds is 3. The summed E-state index contributed by atoms with van der Waals surface area (Å²) in [5, 5.41) is 0. The summed E-state index contributed by atoms with van der Waals surface area (Å²) in [6.45, 7) is 1.19. The van der Waals surface area contributed by atoms with Crippen LogP contribution >= 0.6 is 0 Å². The lowest BCUT2D eigenvalue weighted by Gasteiger charge is -2.08. The normalized spacial score (nSPS) is 22.4. The van der Waals surface area contributed by atoms with Crippen molar-refractivity contribution in [2.45, 2.75) is 31.7 Å². The van der Waals surface area contributed by atoms with Gasteiger partial charge < -0.3 is 22.9 Å². The van der Waals surface area contributed by atoms with Gasteiger partial charge in [0.25, 0.3) is 0 Å². The molecule has 1 heterocycles. The van der Waals surface area contributed by atoms with Gasteiger partial charge in [0, 0.05) is 24.8 Å². The molecule has 1 saturated carbocycles. The van der Waals surface area contributed by atoms with E-state index in [1.54, 1.807) is 0 Å². The molecule has 5 nitrogen and oxygen atoms in total. The van der Waals surface area contributed by atoms with Crippen LogP contribution in [0.15, 0.2) is 18.2 Å². The Balaban J connectivity index is 0.000000357. The highest BCUT2D eigenvalue weighted by atomic mass is 14.8. The zero-order chi connectivity index (χ0) is 13.4. The van der Waals surface area contributed by atoms with E-state index in [1.807, 2.05) is 18.2 Å². The van der Waals surface area contributed by atoms with Crippen LogP contribution in [0, 0.1) is 5.92 Å². The van der Waals surface area contributed by atoms with Crippen LogP contribution in [-0.2, 0) is 6.42 Å². The van der Waals surface area contributed by atoms with Crippen molar-refractivity contribution in [3.05, 3.63) is 23.9 Å². The largest absolute Gasteiger partial charge is 0.384 e. The molecule has 0 amide bonds. The third-order valence-electron chi connectivity index (χ3n) is 3.07. The SMILES string of the molecule is NCCN.Nc1cccc(CC2CCC(N)C2)n1. The molecule has 1 aromatic heterocycles. The fourth-order valence-corrected chi connectivity index (χ4v) is 2.21. The van der Waals surface area contributed by atoms with Crippen molar-refractivity contribution in [3.8, 4) is 0 Å². The van der Waals surface area contributed by atoms with Crippen LogP contribution in [0.4, 0.5) is 5.82 Å². The van der Waals surface area contributed by atoms with Gasteiger partial charge in [-0.25, -0.2) is 4.98 Å². The average molecular weight is 251 g/mol. The van der Waals surface area contributed by atoms with E-state index in [4.69, 9.17) is 22.9 Å². The Hall–Kier alpha value is -1.17. The van der Waals surface area contributed by atoms with Crippen molar-refractivity contribution >= 4 is 5.82 Å². The molecule has 1 aliphatic rings. The molecule has 0 aliphatic heterocycles. The molecular formula is C13H25N5. The van der Waals surface area contributed by atoms with Crippen LogP contribution < -0.4 is 22.9 Å². The smallest absolute Gasteiger partial charge is 0.123 e. The summed E-state index contributed by atoms with van der Waals surface area (Å²) in [5.41, 5.74) is 22.4. The van der Waals surface area contributed by atoms with Crippen LogP contribution in [0.1, 0.15) is 25.0 Å². The second kappa shape index (κ2) is 8.02. The van der Waals surface area contributed by atoms with E-state index in [-0.39, 0.29) is 0 Å². The quantitative estimate of drug-likeness (QED) is 0.614. The lowest BCUT2D eigenvalue weighted by molar-refractivity contribution is 0.529. The minimum Gasteiger partial charge on any atom is -0.384 e. The van der Waals surface area contributed by atoms with Gasteiger partial charge in [0.15, 0.2) is 0 Å². The summed E-state index contributed by atoms with van der Waals surface area (Å²) < 4.78 is 0. The van der Waals surface area contributed by atoms with E-state index in [0.717, 1.165) is 25.0 Å². The number of anilines is 1. The molecular weight excluding hydrogens is 226 g/mol. The number of aromatic nitrogens is 1. The zero-order valence-corrected chi connectivity index (χ0v) is 10.9. The molecule has 2 rings (SSSR count). The lowest BCUT2D eigenvalue weighted by atomic mass is 10.0. The Kier molecular flexibility index (Phi) is 6.64. The van der Waals surface area contributed by atoms with Crippen LogP contribution in [0.2, 0.25) is 0 Å². The van der Waals surface area contributed by atoms with Crippen molar-refractivity contribution in [3.63, 3.8) is 0 Å². The summed E-state index contributed by atoms with van der Waals surface area (Å²) in [4.78, 5) is 4.30.